The minimum atomic E-state index is -1.67. The maximum Gasteiger partial charge on any atom is 0.111 e. The quantitative estimate of drug-likeness (QED) is 0.0404. The first kappa shape index (κ1) is 77.5. The molecule has 0 heterocycles. The van der Waals surface area contributed by atoms with E-state index in [-0.39, 0.29) is 75.5 Å². The molecule has 0 saturated carbocycles. The summed E-state index contributed by atoms with van der Waals surface area (Å²) in [6.45, 7) is -7.26. The van der Waals surface area contributed by atoms with Crippen LogP contribution >= 0.6 is 0 Å². The predicted molar refractivity (Wildman–Crippen MR) is 191 cm³/mol. The van der Waals surface area contributed by atoms with Crippen LogP contribution in [0.2, 0.25) is 0 Å². The second-order valence-corrected chi connectivity index (χ2v) is 12.4. The molecule has 0 aliphatic rings. The van der Waals surface area contributed by atoms with E-state index in [9.17, 15) is 0 Å². The van der Waals surface area contributed by atoms with Gasteiger partial charge in [0.25, 0.3) is 0 Å². The largest absolute Gasteiger partial charge is 0.394 e. The number of hydrogen-bond acceptors (Lipinski definition) is 30. The second kappa shape index (κ2) is 46.1. The minimum Gasteiger partial charge on any atom is -0.394 e. The summed E-state index contributed by atoms with van der Waals surface area (Å²) in [6.07, 6.45) is -32.0. The SMILES string of the molecule is OC[C@@H](O)[C@@H](O)[C@H](O)[C@H](O)CO.OC[C@@H](O)[C@@H](O)[C@H](O)[C@H](O)CO.OC[C@@H](O)[C@@H](O)[C@H](O)[C@H](O)CO.OC[C@@H](O)[C@@H](O)[C@H](O)[C@H](O)CO.OC[C@@H](O)[C@@H](O)[C@H](O)[C@H](O)CO.[Ar].[Ar]. The van der Waals surface area contributed by atoms with Gasteiger partial charge in [0.15, 0.2) is 0 Å². The van der Waals surface area contributed by atoms with E-state index in [1.54, 1.807) is 0 Å². The molecule has 30 nitrogen and oxygen atoms in total. The molecule has 0 aromatic heterocycles. The fourth-order valence-corrected chi connectivity index (χ4v) is 3.36. The number of aliphatic hydroxyl groups is 30. The molecule has 0 fully saturated rings. The summed E-state index contributed by atoms with van der Waals surface area (Å²) < 4.78 is 0. The normalized spacial score (nSPS) is 20.8. The van der Waals surface area contributed by atoms with Crippen LogP contribution in [0.3, 0.4) is 0 Å². The van der Waals surface area contributed by atoms with Gasteiger partial charge in [0.1, 0.15) is 122 Å². The third-order valence-corrected chi connectivity index (χ3v) is 7.56. The van der Waals surface area contributed by atoms with Gasteiger partial charge in [-0.25, -0.2) is 0 Å². The molecule has 20 atom stereocenters. The van der Waals surface area contributed by atoms with Crippen LogP contribution in [-0.4, -0.2) is 341 Å². The summed E-state index contributed by atoms with van der Waals surface area (Å²) in [6, 6.07) is 0. The molecule has 0 aliphatic heterocycles. The second-order valence-electron chi connectivity index (χ2n) is 12.4. The van der Waals surface area contributed by atoms with E-state index in [4.69, 9.17) is 153 Å². The minimum absolute atomic E-state index is 0. The molecule has 386 valence electrons. The Morgan fingerprint density at radius 3 is 0.226 bits per heavy atom. The van der Waals surface area contributed by atoms with Crippen molar-refractivity contribution in [1.29, 1.82) is 0 Å². The van der Waals surface area contributed by atoms with E-state index >= 15 is 0 Å². The van der Waals surface area contributed by atoms with Crippen molar-refractivity contribution in [3.8, 4) is 0 Å². The molecule has 0 saturated heterocycles. The van der Waals surface area contributed by atoms with Crippen molar-refractivity contribution in [1.82, 2.24) is 0 Å². The maximum atomic E-state index is 8.96. The fourth-order valence-electron chi connectivity index (χ4n) is 3.36. The Labute approximate surface area is 413 Å². The average molecular weight is 991 g/mol. The van der Waals surface area contributed by atoms with Crippen LogP contribution < -0.4 is 0 Å². The van der Waals surface area contributed by atoms with Crippen LogP contribution in [0, 0.1) is 75.5 Å². The zero-order valence-corrected chi connectivity index (χ0v) is 34.2. The number of rotatable bonds is 25. The van der Waals surface area contributed by atoms with E-state index in [2.05, 4.69) is 0 Å². The van der Waals surface area contributed by atoms with Gasteiger partial charge in [0, 0.05) is 75.5 Å². The monoisotopic (exact) mass is 990 g/mol. The van der Waals surface area contributed by atoms with Crippen molar-refractivity contribution >= 4 is 0 Å². The van der Waals surface area contributed by atoms with E-state index in [0.29, 0.717) is 0 Å². The number of hydrogen-bond donors (Lipinski definition) is 30. The van der Waals surface area contributed by atoms with Gasteiger partial charge in [-0.1, -0.05) is 0 Å². The van der Waals surface area contributed by atoms with Crippen molar-refractivity contribution in [3.05, 3.63) is 0 Å². The molecule has 0 spiro atoms. The Bertz CT molecular complexity index is 698. The van der Waals surface area contributed by atoms with Gasteiger partial charge in [-0.3, -0.25) is 0 Å². The Balaban J connectivity index is -0.000000121. The van der Waals surface area contributed by atoms with Crippen LogP contribution in [0.5, 0.6) is 0 Å². The van der Waals surface area contributed by atoms with Crippen molar-refractivity contribution < 1.29 is 229 Å². The molecule has 0 rings (SSSR count). The molecule has 0 bridgehead atoms. The molecule has 62 heavy (non-hydrogen) atoms. The van der Waals surface area contributed by atoms with E-state index in [0.717, 1.165) is 0 Å². The van der Waals surface area contributed by atoms with Gasteiger partial charge in [-0.15, -0.1) is 0 Å². The Morgan fingerprint density at radius 2 is 0.194 bits per heavy atom. The van der Waals surface area contributed by atoms with Crippen molar-refractivity contribution in [2.75, 3.05) is 66.1 Å². The van der Waals surface area contributed by atoms with E-state index < -0.39 is 188 Å². The fraction of sp³-hybridized carbons (Fsp3) is 1.00. The first-order valence-corrected chi connectivity index (χ1v) is 17.4. The molecular formula is C30H70Ar2O30. The third kappa shape index (κ3) is 33.7. The molecule has 0 aromatic rings. The molecule has 0 unspecified atom stereocenters. The van der Waals surface area contributed by atoms with E-state index in [1.807, 2.05) is 0 Å². The summed E-state index contributed by atoms with van der Waals surface area (Å²) in [7, 11) is 0. The summed E-state index contributed by atoms with van der Waals surface area (Å²) in [4.78, 5) is 0. The van der Waals surface area contributed by atoms with Gasteiger partial charge in [0.05, 0.1) is 66.1 Å². The maximum absolute atomic E-state index is 8.96. The smallest absolute Gasteiger partial charge is 0.111 e. The summed E-state index contributed by atoms with van der Waals surface area (Å²) in [5.74, 6) is 0. The number of aliphatic hydroxyl groups excluding tert-OH is 30. The van der Waals surface area contributed by atoms with E-state index in [1.165, 1.54) is 0 Å². The summed E-state index contributed by atoms with van der Waals surface area (Å²) in [5.41, 5.74) is 0. The molecule has 30 N–H and O–H groups in total. The summed E-state index contributed by atoms with van der Waals surface area (Å²) >= 11 is 0. The van der Waals surface area contributed by atoms with Gasteiger partial charge in [0.2, 0.25) is 0 Å². The predicted octanol–water partition coefficient (Wildman–Crippen LogP) is -17.9. The Kier molecular flexibility index (Phi) is 57.6. The van der Waals surface area contributed by atoms with Gasteiger partial charge >= 0.3 is 0 Å². The first-order chi connectivity index (χ1) is 27.7. The molecule has 0 radical (unpaired) electrons. The van der Waals surface area contributed by atoms with Crippen LogP contribution in [0.1, 0.15) is 0 Å². The Hall–Kier alpha value is 1.32. The van der Waals surface area contributed by atoms with Crippen LogP contribution in [0.25, 0.3) is 0 Å². The zero-order chi connectivity index (χ0) is 48.6. The van der Waals surface area contributed by atoms with Crippen LogP contribution in [-0.2, 0) is 0 Å². The standard InChI is InChI=1S/5C6H14O6.2Ar/c5*7-1-3(9)5(11)6(12)4(10)2-8;;/h5*3-12H,1-2H2;;/t5*3-,4-,5-,6-;;/m11111../s1. The van der Waals surface area contributed by atoms with Crippen LogP contribution in [0.15, 0.2) is 0 Å². The molecular weight excluding hydrogens is 920 g/mol. The van der Waals surface area contributed by atoms with Crippen molar-refractivity contribution in [2.24, 2.45) is 0 Å². The third-order valence-electron chi connectivity index (χ3n) is 7.56. The first-order valence-electron chi connectivity index (χ1n) is 17.4. The zero-order valence-electron chi connectivity index (χ0n) is 32.7. The van der Waals surface area contributed by atoms with Gasteiger partial charge in [-0.05, 0) is 0 Å². The molecule has 0 amide bonds. The molecule has 0 aromatic carbocycles. The van der Waals surface area contributed by atoms with Gasteiger partial charge < -0.3 is 153 Å². The average Bonchev–Trinajstić information content (AvgIpc) is 3.28. The van der Waals surface area contributed by atoms with Crippen LogP contribution in [0.4, 0.5) is 0 Å². The van der Waals surface area contributed by atoms with Crippen molar-refractivity contribution in [2.45, 2.75) is 122 Å². The summed E-state index contributed by atoms with van der Waals surface area (Å²) in [5, 5.41) is 261. The van der Waals surface area contributed by atoms with Crippen molar-refractivity contribution in [3.63, 3.8) is 0 Å². The molecule has 32 heteroatoms. The molecule has 0 aliphatic carbocycles. The van der Waals surface area contributed by atoms with Gasteiger partial charge in [-0.2, -0.15) is 0 Å². The Morgan fingerprint density at radius 1 is 0.145 bits per heavy atom. The topological polar surface area (TPSA) is 607 Å².